The molecule has 0 amide bonds. The van der Waals surface area contributed by atoms with Crippen molar-refractivity contribution in [3.8, 4) is 5.75 Å². The summed E-state index contributed by atoms with van der Waals surface area (Å²) in [7, 11) is -1.11. The van der Waals surface area contributed by atoms with Crippen molar-refractivity contribution in [1.29, 1.82) is 0 Å². The van der Waals surface area contributed by atoms with Crippen LogP contribution in [0.4, 0.5) is 5.69 Å². The average Bonchev–Trinajstić information content (AvgIpc) is 2.79. The van der Waals surface area contributed by atoms with Gasteiger partial charge in [0.1, 0.15) is 11.9 Å². The fourth-order valence-electron chi connectivity index (χ4n) is 2.50. The van der Waals surface area contributed by atoms with Crippen LogP contribution in [0, 0.1) is 6.92 Å². The van der Waals surface area contributed by atoms with E-state index in [0.29, 0.717) is 11.4 Å². The van der Waals surface area contributed by atoms with Crippen molar-refractivity contribution in [2.75, 3.05) is 11.5 Å². The largest absolute Gasteiger partial charge is 0.489 e. The minimum atomic E-state index is -1.11. The summed E-state index contributed by atoms with van der Waals surface area (Å²) in [6.07, 6.45) is 0.780. The van der Waals surface area contributed by atoms with Gasteiger partial charge in [0, 0.05) is 16.6 Å². The number of anilines is 1. The number of nitrogen functional groups attached to an aromatic ring is 1. The molecule has 2 aromatic carbocycles. The van der Waals surface area contributed by atoms with Crippen LogP contribution in [-0.4, -0.2) is 16.1 Å². The summed E-state index contributed by atoms with van der Waals surface area (Å²) in [6.45, 7) is 2.07. The van der Waals surface area contributed by atoms with Gasteiger partial charge in [0.25, 0.3) is 0 Å². The molecule has 0 aliphatic carbocycles. The summed E-state index contributed by atoms with van der Waals surface area (Å²) < 4.78 is 19.2. The number of benzene rings is 2. The van der Waals surface area contributed by atoms with Gasteiger partial charge in [-0.3, -0.25) is 4.21 Å². The standard InChI is InChI=1S/C16H16BrNO2S/c1-10-2-4-15-11(6-10)7-13(20-15)9-21(19)16-5-3-12(18)8-14(16)17/h2-6,8,13H,7,9,18H2,1H3. The van der Waals surface area contributed by atoms with Gasteiger partial charge in [0.2, 0.25) is 0 Å². The average molecular weight is 366 g/mol. The molecule has 0 fully saturated rings. The molecule has 0 saturated carbocycles. The van der Waals surface area contributed by atoms with E-state index in [9.17, 15) is 4.21 Å². The van der Waals surface area contributed by atoms with Crippen molar-refractivity contribution in [3.05, 3.63) is 52.0 Å². The monoisotopic (exact) mass is 365 g/mol. The number of fused-ring (bicyclic) bond motifs is 1. The minimum absolute atomic E-state index is 0.0351. The van der Waals surface area contributed by atoms with E-state index in [1.54, 1.807) is 12.1 Å². The number of nitrogens with two attached hydrogens (primary N) is 1. The van der Waals surface area contributed by atoms with Crippen LogP contribution in [-0.2, 0) is 17.2 Å². The predicted octanol–water partition coefficient (Wildman–Crippen LogP) is 3.45. The zero-order valence-corrected chi connectivity index (χ0v) is 14.0. The summed E-state index contributed by atoms with van der Waals surface area (Å²) in [4.78, 5) is 0.764. The number of halogens is 1. The highest BCUT2D eigenvalue weighted by Crippen LogP contribution is 2.31. The summed E-state index contributed by atoms with van der Waals surface area (Å²) >= 11 is 3.42. The van der Waals surface area contributed by atoms with Crippen LogP contribution in [0.3, 0.4) is 0 Å². The van der Waals surface area contributed by atoms with Crippen LogP contribution in [0.5, 0.6) is 5.75 Å². The van der Waals surface area contributed by atoms with E-state index in [-0.39, 0.29) is 6.10 Å². The summed E-state index contributed by atoms with van der Waals surface area (Å²) in [6, 6.07) is 11.5. The second kappa shape index (κ2) is 5.81. The Bertz CT molecular complexity index is 717. The first-order valence-corrected chi connectivity index (χ1v) is 8.83. The molecule has 0 aromatic heterocycles. The lowest BCUT2D eigenvalue weighted by atomic mass is 10.1. The Morgan fingerprint density at radius 3 is 2.90 bits per heavy atom. The lowest BCUT2D eigenvalue weighted by Gasteiger charge is -2.11. The number of ether oxygens (including phenoxy) is 1. The molecule has 1 heterocycles. The Hall–Kier alpha value is -1.33. The summed E-state index contributed by atoms with van der Waals surface area (Å²) in [5.74, 6) is 1.40. The maximum atomic E-state index is 12.5. The van der Waals surface area contributed by atoms with E-state index in [0.717, 1.165) is 21.5 Å². The van der Waals surface area contributed by atoms with Crippen molar-refractivity contribution in [3.63, 3.8) is 0 Å². The van der Waals surface area contributed by atoms with Gasteiger partial charge in [-0.1, -0.05) is 17.7 Å². The summed E-state index contributed by atoms with van der Waals surface area (Å²) in [5, 5.41) is 0. The first-order valence-electron chi connectivity index (χ1n) is 6.72. The maximum Gasteiger partial charge on any atom is 0.123 e. The SMILES string of the molecule is Cc1ccc2c(c1)CC(CS(=O)c1ccc(N)cc1Br)O2. The topological polar surface area (TPSA) is 52.3 Å². The van der Waals surface area contributed by atoms with Gasteiger partial charge in [-0.2, -0.15) is 0 Å². The van der Waals surface area contributed by atoms with E-state index < -0.39 is 10.8 Å². The van der Waals surface area contributed by atoms with Crippen LogP contribution in [0.1, 0.15) is 11.1 Å². The molecule has 3 nitrogen and oxygen atoms in total. The third-order valence-corrected chi connectivity index (χ3v) is 5.94. The number of hydrogen-bond donors (Lipinski definition) is 1. The highest BCUT2D eigenvalue weighted by Gasteiger charge is 2.25. The highest BCUT2D eigenvalue weighted by molar-refractivity contribution is 9.10. The molecule has 0 spiro atoms. The van der Waals surface area contributed by atoms with E-state index in [4.69, 9.17) is 10.5 Å². The summed E-state index contributed by atoms with van der Waals surface area (Å²) in [5.41, 5.74) is 8.79. The smallest absolute Gasteiger partial charge is 0.123 e. The molecule has 2 atom stereocenters. The molecule has 0 radical (unpaired) electrons. The minimum Gasteiger partial charge on any atom is -0.489 e. The van der Waals surface area contributed by atoms with Crippen molar-refractivity contribution >= 4 is 32.4 Å². The molecule has 1 aliphatic heterocycles. The van der Waals surface area contributed by atoms with Gasteiger partial charge in [-0.25, -0.2) is 0 Å². The molecule has 3 rings (SSSR count). The van der Waals surface area contributed by atoms with Gasteiger partial charge >= 0.3 is 0 Å². The number of hydrogen-bond acceptors (Lipinski definition) is 3. The normalized spacial score (nSPS) is 18.1. The Kier molecular flexibility index (Phi) is 4.04. The molecule has 1 aliphatic rings. The molecule has 2 aromatic rings. The zero-order chi connectivity index (χ0) is 15.0. The molecule has 2 N–H and O–H groups in total. The van der Waals surface area contributed by atoms with Gasteiger partial charge in [-0.05, 0) is 52.7 Å². The Balaban J connectivity index is 1.72. The molecule has 0 saturated heterocycles. The van der Waals surface area contributed by atoms with Crippen LogP contribution in [0.25, 0.3) is 0 Å². The predicted molar refractivity (Wildman–Crippen MR) is 89.1 cm³/mol. The molecule has 0 bridgehead atoms. The zero-order valence-electron chi connectivity index (χ0n) is 11.6. The van der Waals surface area contributed by atoms with Gasteiger partial charge in [0.05, 0.1) is 21.4 Å². The lowest BCUT2D eigenvalue weighted by Crippen LogP contribution is -2.21. The van der Waals surface area contributed by atoms with E-state index in [1.165, 1.54) is 11.1 Å². The Morgan fingerprint density at radius 2 is 2.14 bits per heavy atom. The van der Waals surface area contributed by atoms with Crippen molar-refractivity contribution in [2.45, 2.75) is 24.3 Å². The van der Waals surface area contributed by atoms with Crippen LogP contribution >= 0.6 is 15.9 Å². The molecule has 5 heteroatoms. The molecule has 2 unspecified atom stereocenters. The van der Waals surface area contributed by atoms with Gasteiger partial charge in [-0.15, -0.1) is 0 Å². The van der Waals surface area contributed by atoms with Crippen molar-refractivity contribution in [1.82, 2.24) is 0 Å². The van der Waals surface area contributed by atoms with E-state index in [2.05, 4.69) is 28.9 Å². The first-order chi connectivity index (χ1) is 10.0. The van der Waals surface area contributed by atoms with E-state index >= 15 is 0 Å². The van der Waals surface area contributed by atoms with Gasteiger partial charge < -0.3 is 10.5 Å². The Morgan fingerprint density at radius 1 is 1.33 bits per heavy atom. The second-order valence-corrected chi connectivity index (χ2v) is 7.58. The van der Waals surface area contributed by atoms with Crippen LogP contribution < -0.4 is 10.5 Å². The third-order valence-electron chi connectivity index (χ3n) is 3.50. The highest BCUT2D eigenvalue weighted by atomic mass is 79.9. The van der Waals surface area contributed by atoms with Crippen LogP contribution in [0.2, 0.25) is 0 Å². The number of rotatable bonds is 3. The molecule has 21 heavy (non-hydrogen) atoms. The fraction of sp³-hybridized carbons (Fsp3) is 0.250. The molecule has 110 valence electrons. The van der Waals surface area contributed by atoms with E-state index in [1.807, 2.05) is 18.2 Å². The van der Waals surface area contributed by atoms with Crippen LogP contribution in [0.15, 0.2) is 45.8 Å². The Labute approximate surface area is 135 Å². The quantitative estimate of drug-likeness (QED) is 0.847. The molecular formula is C16H16BrNO2S. The van der Waals surface area contributed by atoms with Crippen molar-refractivity contribution < 1.29 is 8.95 Å². The third kappa shape index (κ3) is 3.14. The van der Waals surface area contributed by atoms with Gasteiger partial charge in [0.15, 0.2) is 0 Å². The van der Waals surface area contributed by atoms with Crippen molar-refractivity contribution in [2.24, 2.45) is 0 Å². The lowest BCUT2D eigenvalue weighted by molar-refractivity contribution is 0.258. The number of aryl methyl sites for hydroxylation is 1. The fourth-order valence-corrected chi connectivity index (χ4v) is 4.64. The second-order valence-electron chi connectivity index (χ2n) is 5.26. The molecular weight excluding hydrogens is 350 g/mol. The first kappa shape index (κ1) is 14.6. The maximum absolute atomic E-state index is 12.5.